The van der Waals surface area contributed by atoms with Gasteiger partial charge >= 0.3 is 0 Å². The van der Waals surface area contributed by atoms with E-state index in [4.69, 9.17) is 11.6 Å². The van der Waals surface area contributed by atoms with Crippen LogP contribution in [0.5, 0.6) is 0 Å². The molecule has 1 N–H and O–H groups in total. The van der Waals surface area contributed by atoms with Gasteiger partial charge in [-0.15, -0.1) is 0 Å². The lowest BCUT2D eigenvalue weighted by atomic mass is 10.1. The van der Waals surface area contributed by atoms with Crippen LogP contribution in [0.1, 0.15) is 52.4 Å². The molecule has 1 heterocycles. The largest absolute Gasteiger partial charge is 0.312 e. The van der Waals surface area contributed by atoms with Gasteiger partial charge in [-0.25, -0.2) is 0 Å². The summed E-state index contributed by atoms with van der Waals surface area (Å²) >= 11 is 6.37. The lowest BCUT2D eigenvalue weighted by molar-refractivity contribution is 0.420. The molecule has 0 amide bonds. The predicted octanol–water partition coefficient (Wildman–Crippen LogP) is 3.44. The zero-order valence-corrected chi connectivity index (χ0v) is 13.1. The van der Waals surface area contributed by atoms with E-state index in [2.05, 4.69) is 45.0 Å². The van der Waals surface area contributed by atoms with Crippen molar-refractivity contribution in [1.29, 1.82) is 0 Å². The number of aromatic nitrogens is 2. The fourth-order valence-corrected chi connectivity index (χ4v) is 2.34. The molecule has 0 aromatic carbocycles. The molecule has 0 unspecified atom stereocenters. The van der Waals surface area contributed by atoms with Gasteiger partial charge in [0, 0.05) is 12.1 Å². The molecule has 3 nitrogen and oxygen atoms in total. The Morgan fingerprint density at radius 2 is 1.94 bits per heavy atom. The van der Waals surface area contributed by atoms with Crippen LogP contribution in [-0.4, -0.2) is 21.9 Å². The number of aryl methyl sites for hydroxylation is 2. The third kappa shape index (κ3) is 4.29. The van der Waals surface area contributed by atoms with Crippen molar-refractivity contribution in [2.24, 2.45) is 0 Å². The van der Waals surface area contributed by atoms with E-state index in [1.165, 1.54) is 5.69 Å². The zero-order valence-electron chi connectivity index (χ0n) is 12.3. The van der Waals surface area contributed by atoms with Crippen molar-refractivity contribution >= 4 is 11.6 Å². The Hall–Kier alpha value is -0.540. The van der Waals surface area contributed by atoms with Crippen molar-refractivity contribution in [2.45, 2.75) is 66.0 Å². The Labute approximate surface area is 116 Å². The summed E-state index contributed by atoms with van der Waals surface area (Å²) in [5.74, 6) is 0. The Morgan fingerprint density at radius 3 is 2.44 bits per heavy atom. The van der Waals surface area contributed by atoms with Crippen molar-refractivity contribution in [1.82, 2.24) is 15.1 Å². The molecule has 104 valence electrons. The Kier molecular flexibility index (Phi) is 5.67. The molecule has 0 radical (unpaired) electrons. The number of nitrogens with zero attached hydrogens (tertiary/aromatic N) is 2. The highest BCUT2D eigenvalue weighted by Crippen LogP contribution is 2.22. The van der Waals surface area contributed by atoms with Crippen molar-refractivity contribution in [2.75, 3.05) is 6.54 Å². The highest BCUT2D eigenvalue weighted by molar-refractivity contribution is 6.31. The number of hydrogen-bond acceptors (Lipinski definition) is 2. The van der Waals surface area contributed by atoms with E-state index < -0.39 is 0 Å². The zero-order chi connectivity index (χ0) is 13.8. The van der Waals surface area contributed by atoms with Crippen LogP contribution in [0.25, 0.3) is 0 Å². The first-order valence-corrected chi connectivity index (χ1v) is 7.26. The molecule has 1 aromatic heterocycles. The summed E-state index contributed by atoms with van der Waals surface area (Å²) in [4.78, 5) is 0. The third-order valence-corrected chi connectivity index (χ3v) is 3.38. The fourth-order valence-electron chi connectivity index (χ4n) is 1.98. The molecule has 1 rings (SSSR count). The molecule has 0 saturated heterocycles. The lowest BCUT2D eigenvalue weighted by Gasteiger charge is -2.20. The standard InChI is InChI=1S/C14H26ClN3/c1-6-11-13(15)12(18(7-2)17-11)9-8-10-16-14(3,4)5/h16H,6-10H2,1-5H3. The lowest BCUT2D eigenvalue weighted by Crippen LogP contribution is -2.36. The second-order valence-electron chi connectivity index (χ2n) is 5.66. The molecule has 0 aliphatic rings. The van der Waals surface area contributed by atoms with Gasteiger partial charge in [0.2, 0.25) is 0 Å². The van der Waals surface area contributed by atoms with Gasteiger partial charge < -0.3 is 5.32 Å². The molecule has 0 fully saturated rings. The summed E-state index contributed by atoms with van der Waals surface area (Å²) in [5.41, 5.74) is 2.40. The van der Waals surface area contributed by atoms with Gasteiger partial charge in [-0.1, -0.05) is 18.5 Å². The van der Waals surface area contributed by atoms with Crippen molar-refractivity contribution in [3.8, 4) is 0 Å². The highest BCUT2D eigenvalue weighted by atomic mass is 35.5. The first-order chi connectivity index (χ1) is 8.39. The Balaban J connectivity index is 2.58. The normalized spacial score (nSPS) is 12.1. The minimum absolute atomic E-state index is 0.184. The van der Waals surface area contributed by atoms with Crippen molar-refractivity contribution < 1.29 is 0 Å². The smallest absolute Gasteiger partial charge is 0.0849 e. The third-order valence-electron chi connectivity index (χ3n) is 2.94. The minimum Gasteiger partial charge on any atom is -0.312 e. The number of nitrogens with one attached hydrogen (secondary N) is 1. The monoisotopic (exact) mass is 271 g/mol. The molecule has 0 aliphatic heterocycles. The summed E-state index contributed by atoms with van der Waals surface area (Å²) < 4.78 is 2.04. The van der Waals surface area contributed by atoms with E-state index in [0.29, 0.717) is 0 Å². The van der Waals surface area contributed by atoms with Crippen LogP contribution < -0.4 is 5.32 Å². The average molecular weight is 272 g/mol. The molecule has 0 saturated carbocycles. The molecular formula is C14H26ClN3. The molecule has 0 aliphatic carbocycles. The van der Waals surface area contributed by atoms with Gasteiger partial charge in [0.25, 0.3) is 0 Å². The summed E-state index contributed by atoms with van der Waals surface area (Å²) in [6.07, 6.45) is 2.98. The van der Waals surface area contributed by atoms with Gasteiger partial charge in [0.15, 0.2) is 0 Å². The van der Waals surface area contributed by atoms with Gasteiger partial charge in [-0.2, -0.15) is 5.10 Å². The SMILES string of the molecule is CCc1nn(CC)c(CCCNC(C)(C)C)c1Cl. The highest BCUT2D eigenvalue weighted by Gasteiger charge is 2.14. The van der Waals surface area contributed by atoms with Crippen LogP contribution in [0.3, 0.4) is 0 Å². The van der Waals surface area contributed by atoms with Crippen LogP contribution in [0, 0.1) is 0 Å². The second-order valence-corrected chi connectivity index (χ2v) is 6.03. The first kappa shape index (κ1) is 15.5. The summed E-state index contributed by atoms with van der Waals surface area (Å²) in [5, 5.41) is 8.91. The number of rotatable bonds is 6. The maximum Gasteiger partial charge on any atom is 0.0849 e. The molecule has 0 atom stereocenters. The molecule has 18 heavy (non-hydrogen) atoms. The van der Waals surface area contributed by atoms with Gasteiger partial charge in [-0.3, -0.25) is 4.68 Å². The van der Waals surface area contributed by atoms with Gasteiger partial charge in [0.05, 0.1) is 16.4 Å². The minimum atomic E-state index is 0.184. The van der Waals surface area contributed by atoms with Crippen molar-refractivity contribution in [3.05, 3.63) is 16.4 Å². The summed E-state index contributed by atoms with van der Waals surface area (Å²) in [6, 6.07) is 0. The maximum absolute atomic E-state index is 6.37. The summed E-state index contributed by atoms with van der Waals surface area (Å²) in [7, 11) is 0. The Bertz CT molecular complexity index is 377. The van der Waals surface area contributed by atoms with E-state index in [0.717, 1.165) is 43.1 Å². The van der Waals surface area contributed by atoms with Crippen LogP contribution in [0.2, 0.25) is 5.02 Å². The quantitative estimate of drug-likeness (QED) is 0.804. The molecular weight excluding hydrogens is 246 g/mol. The first-order valence-electron chi connectivity index (χ1n) is 6.88. The summed E-state index contributed by atoms with van der Waals surface area (Å²) in [6.45, 7) is 12.7. The van der Waals surface area contributed by atoms with E-state index >= 15 is 0 Å². The van der Waals surface area contributed by atoms with E-state index in [9.17, 15) is 0 Å². The molecule has 0 spiro atoms. The molecule has 4 heteroatoms. The number of hydrogen-bond donors (Lipinski definition) is 1. The van der Waals surface area contributed by atoms with E-state index in [-0.39, 0.29) is 5.54 Å². The van der Waals surface area contributed by atoms with Crippen LogP contribution in [0.15, 0.2) is 0 Å². The van der Waals surface area contributed by atoms with E-state index in [1.54, 1.807) is 0 Å². The number of halogens is 1. The molecule has 1 aromatic rings. The van der Waals surface area contributed by atoms with Crippen LogP contribution >= 0.6 is 11.6 Å². The predicted molar refractivity (Wildman–Crippen MR) is 78.4 cm³/mol. The van der Waals surface area contributed by atoms with Crippen molar-refractivity contribution in [3.63, 3.8) is 0 Å². The average Bonchev–Trinajstić information content (AvgIpc) is 2.60. The van der Waals surface area contributed by atoms with Gasteiger partial charge in [0.1, 0.15) is 0 Å². The molecule has 0 bridgehead atoms. The second kappa shape index (κ2) is 6.58. The van der Waals surface area contributed by atoms with Crippen LogP contribution in [-0.2, 0) is 19.4 Å². The van der Waals surface area contributed by atoms with Crippen LogP contribution in [0.4, 0.5) is 0 Å². The maximum atomic E-state index is 6.37. The fraction of sp³-hybridized carbons (Fsp3) is 0.786. The Morgan fingerprint density at radius 1 is 1.28 bits per heavy atom. The van der Waals surface area contributed by atoms with Gasteiger partial charge in [-0.05, 0) is 53.5 Å². The topological polar surface area (TPSA) is 29.9 Å². The van der Waals surface area contributed by atoms with E-state index in [1.807, 2.05) is 4.68 Å².